The zero-order valence-electron chi connectivity index (χ0n) is 13.6. The van der Waals surface area contributed by atoms with Gasteiger partial charge in [0.05, 0.1) is 6.26 Å². The largest absolute Gasteiger partial charge is 0.484 e. The molecule has 0 bridgehead atoms. The van der Waals surface area contributed by atoms with Crippen LogP contribution in [0.15, 0.2) is 24.3 Å². The highest BCUT2D eigenvalue weighted by molar-refractivity contribution is 7.88. The van der Waals surface area contributed by atoms with Crippen molar-refractivity contribution in [2.45, 2.75) is 19.8 Å². The fraction of sp³-hybridized carbons (Fsp3) is 0.562. The molecule has 1 aliphatic heterocycles. The van der Waals surface area contributed by atoms with E-state index in [0.29, 0.717) is 25.4 Å². The van der Waals surface area contributed by atoms with E-state index in [4.69, 9.17) is 4.74 Å². The maximum Gasteiger partial charge on any atom is 0.260 e. The van der Waals surface area contributed by atoms with Crippen LogP contribution in [0.5, 0.6) is 5.75 Å². The second kappa shape index (κ2) is 7.79. The molecule has 2 rings (SSSR count). The summed E-state index contributed by atoms with van der Waals surface area (Å²) in [6, 6.07) is 7.58. The van der Waals surface area contributed by atoms with Crippen LogP contribution in [0.4, 0.5) is 0 Å². The van der Waals surface area contributed by atoms with Gasteiger partial charge in [-0.2, -0.15) is 0 Å². The number of amides is 1. The third-order valence-corrected chi connectivity index (χ3v) is 4.64. The molecule has 23 heavy (non-hydrogen) atoms. The summed E-state index contributed by atoms with van der Waals surface area (Å²) in [6.45, 7) is 3.59. The molecule has 1 N–H and O–H groups in total. The first-order valence-electron chi connectivity index (χ1n) is 7.76. The number of rotatable bonds is 6. The van der Waals surface area contributed by atoms with Crippen LogP contribution in [0, 0.1) is 12.8 Å². The Bertz CT molecular complexity index is 645. The summed E-state index contributed by atoms with van der Waals surface area (Å²) in [6.07, 6.45) is 2.95. The molecule has 1 saturated heterocycles. The summed E-state index contributed by atoms with van der Waals surface area (Å²) < 4.78 is 30.5. The average Bonchev–Trinajstić information content (AvgIpc) is 2.51. The molecule has 1 aromatic rings. The number of carbonyl (C=O) groups excluding carboxylic acids is 1. The van der Waals surface area contributed by atoms with Gasteiger partial charge in [0, 0.05) is 19.6 Å². The Morgan fingerprint density at radius 1 is 1.39 bits per heavy atom. The maximum atomic E-state index is 12.3. The summed E-state index contributed by atoms with van der Waals surface area (Å²) >= 11 is 0. The second-order valence-corrected chi connectivity index (χ2v) is 7.86. The first-order valence-corrected chi connectivity index (χ1v) is 9.65. The van der Waals surface area contributed by atoms with E-state index >= 15 is 0 Å². The number of ether oxygens (including phenoxy) is 1. The van der Waals surface area contributed by atoms with Gasteiger partial charge in [0.1, 0.15) is 5.75 Å². The van der Waals surface area contributed by atoms with Crippen molar-refractivity contribution in [3.05, 3.63) is 29.8 Å². The van der Waals surface area contributed by atoms with E-state index in [1.807, 2.05) is 31.2 Å². The van der Waals surface area contributed by atoms with Gasteiger partial charge in [-0.15, -0.1) is 0 Å². The molecule has 0 spiro atoms. The monoisotopic (exact) mass is 340 g/mol. The number of benzene rings is 1. The van der Waals surface area contributed by atoms with Crippen molar-refractivity contribution in [2.75, 3.05) is 32.5 Å². The van der Waals surface area contributed by atoms with Gasteiger partial charge in [-0.1, -0.05) is 18.2 Å². The molecule has 1 aromatic carbocycles. The average molecular weight is 340 g/mol. The Morgan fingerprint density at radius 2 is 2.13 bits per heavy atom. The number of nitrogens with zero attached hydrogens (tertiary/aromatic N) is 1. The van der Waals surface area contributed by atoms with Crippen LogP contribution in [0.2, 0.25) is 0 Å². The first-order chi connectivity index (χ1) is 10.8. The van der Waals surface area contributed by atoms with E-state index < -0.39 is 10.0 Å². The lowest BCUT2D eigenvalue weighted by atomic mass is 9.98. The Kier molecular flexibility index (Phi) is 6.01. The van der Waals surface area contributed by atoms with Crippen molar-refractivity contribution in [2.24, 2.45) is 5.92 Å². The number of aryl methyl sites for hydroxylation is 1. The molecule has 6 nitrogen and oxygen atoms in total. The second-order valence-electron chi connectivity index (χ2n) is 6.02. The molecule has 0 saturated carbocycles. The van der Waals surface area contributed by atoms with Crippen LogP contribution in [-0.4, -0.2) is 51.7 Å². The molecule has 0 aliphatic carbocycles. The lowest BCUT2D eigenvalue weighted by Crippen LogP contribution is -2.45. The van der Waals surface area contributed by atoms with Crippen molar-refractivity contribution < 1.29 is 17.9 Å². The van der Waals surface area contributed by atoms with Crippen molar-refractivity contribution in [1.82, 2.24) is 9.62 Å². The normalized spacial score (nSPS) is 18.7. The van der Waals surface area contributed by atoms with Crippen molar-refractivity contribution in [1.29, 1.82) is 0 Å². The van der Waals surface area contributed by atoms with Crippen molar-refractivity contribution in [3.63, 3.8) is 0 Å². The summed E-state index contributed by atoms with van der Waals surface area (Å²) in [7, 11) is -3.19. The molecule has 1 aliphatic rings. The number of para-hydroxylation sites is 1. The van der Waals surface area contributed by atoms with Crippen LogP contribution in [-0.2, 0) is 14.8 Å². The molecule has 1 atom stereocenters. The number of likely N-dealkylation sites (tertiary alicyclic amines) is 1. The number of sulfonamides is 1. The Balaban J connectivity index is 1.83. The number of nitrogens with one attached hydrogen (secondary N) is 1. The molecule has 0 aromatic heterocycles. The van der Waals surface area contributed by atoms with Gasteiger partial charge in [0.25, 0.3) is 5.91 Å². The maximum absolute atomic E-state index is 12.3. The molecule has 7 heteroatoms. The third-order valence-electron chi connectivity index (χ3n) is 3.95. The Labute approximate surface area is 137 Å². The zero-order chi connectivity index (χ0) is 16.9. The van der Waals surface area contributed by atoms with Gasteiger partial charge in [-0.05, 0) is 37.3 Å². The molecule has 0 radical (unpaired) electrons. The molecule has 1 fully saturated rings. The topological polar surface area (TPSA) is 75.7 Å². The van der Waals surface area contributed by atoms with E-state index in [1.54, 1.807) is 4.90 Å². The van der Waals surface area contributed by atoms with Gasteiger partial charge >= 0.3 is 0 Å². The van der Waals surface area contributed by atoms with E-state index in [1.165, 1.54) is 0 Å². The number of hydrogen-bond acceptors (Lipinski definition) is 4. The smallest absolute Gasteiger partial charge is 0.260 e. The van der Waals surface area contributed by atoms with E-state index in [2.05, 4.69) is 4.72 Å². The van der Waals surface area contributed by atoms with E-state index in [9.17, 15) is 13.2 Å². The highest BCUT2D eigenvalue weighted by Crippen LogP contribution is 2.18. The van der Waals surface area contributed by atoms with E-state index in [0.717, 1.165) is 24.7 Å². The van der Waals surface area contributed by atoms with Crippen LogP contribution in [0.25, 0.3) is 0 Å². The fourth-order valence-corrected chi connectivity index (χ4v) is 3.22. The number of hydrogen-bond donors (Lipinski definition) is 1. The third kappa shape index (κ3) is 5.84. The Hall–Kier alpha value is -1.60. The molecule has 128 valence electrons. The minimum Gasteiger partial charge on any atom is -0.484 e. The summed E-state index contributed by atoms with van der Waals surface area (Å²) in [5.41, 5.74) is 0.995. The molecule has 1 heterocycles. The van der Waals surface area contributed by atoms with Crippen LogP contribution < -0.4 is 9.46 Å². The lowest BCUT2D eigenvalue weighted by molar-refractivity contribution is -0.135. The van der Waals surface area contributed by atoms with Gasteiger partial charge in [-0.3, -0.25) is 4.79 Å². The summed E-state index contributed by atoms with van der Waals surface area (Å²) in [5, 5.41) is 0. The SMILES string of the molecule is Cc1ccccc1OCC(=O)N1CCC[C@H](CNS(C)(=O)=O)C1. The van der Waals surface area contributed by atoms with Gasteiger partial charge in [-0.25, -0.2) is 13.1 Å². The van der Waals surface area contributed by atoms with Gasteiger partial charge in [0.15, 0.2) is 6.61 Å². The predicted molar refractivity (Wildman–Crippen MR) is 88.8 cm³/mol. The highest BCUT2D eigenvalue weighted by Gasteiger charge is 2.24. The number of carbonyl (C=O) groups is 1. The number of piperidine rings is 1. The molecule has 0 unspecified atom stereocenters. The molecule has 1 amide bonds. The van der Waals surface area contributed by atoms with E-state index in [-0.39, 0.29) is 18.4 Å². The molecular formula is C16H24N2O4S. The minimum absolute atomic E-state index is 0.0110. The zero-order valence-corrected chi connectivity index (χ0v) is 14.4. The van der Waals surface area contributed by atoms with Crippen LogP contribution >= 0.6 is 0 Å². The highest BCUT2D eigenvalue weighted by atomic mass is 32.2. The first kappa shape index (κ1) is 17.7. The fourth-order valence-electron chi connectivity index (χ4n) is 2.68. The summed E-state index contributed by atoms with van der Waals surface area (Å²) in [4.78, 5) is 14.1. The Morgan fingerprint density at radius 3 is 2.83 bits per heavy atom. The van der Waals surface area contributed by atoms with Gasteiger partial charge in [0.2, 0.25) is 10.0 Å². The van der Waals surface area contributed by atoms with Gasteiger partial charge < -0.3 is 9.64 Å². The van der Waals surface area contributed by atoms with Crippen LogP contribution in [0.1, 0.15) is 18.4 Å². The minimum atomic E-state index is -3.19. The standard InChI is InChI=1S/C16H24N2O4S/c1-13-6-3-4-8-15(13)22-12-16(19)18-9-5-7-14(11-18)10-17-23(2,20)21/h3-4,6,8,14,17H,5,7,9-12H2,1-2H3/t14-/m1/s1. The lowest BCUT2D eigenvalue weighted by Gasteiger charge is -2.32. The van der Waals surface area contributed by atoms with Crippen molar-refractivity contribution in [3.8, 4) is 5.75 Å². The predicted octanol–water partition coefficient (Wildman–Crippen LogP) is 1.16. The van der Waals surface area contributed by atoms with Crippen molar-refractivity contribution >= 4 is 15.9 Å². The quantitative estimate of drug-likeness (QED) is 0.843. The summed E-state index contributed by atoms with van der Waals surface area (Å²) in [5.74, 6) is 0.811. The van der Waals surface area contributed by atoms with Crippen LogP contribution in [0.3, 0.4) is 0 Å². The molecular weight excluding hydrogens is 316 g/mol.